The summed E-state index contributed by atoms with van der Waals surface area (Å²) in [6, 6.07) is 0. The van der Waals surface area contributed by atoms with E-state index in [0.717, 1.165) is 0 Å². The van der Waals surface area contributed by atoms with Gasteiger partial charge in [-0.05, 0) is 6.92 Å². The van der Waals surface area contributed by atoms with Crippen LogP contribution >= 0.6 is 0 Å². The molecule has 0 amide bonds. The Hall–Kier alpha value is -0.850. The zero-order valence-corrected chi connectivity index (χ0v) is 6.60. The van der Waals surface area contributed by atoms with Crippen LogP contribution in [0.3, 0.4) is 0 Å². The number of rotatable bonds is 4. The van der Waals surface area contributed by atoms with E-state index in [0.29, 0.717) is 6.92 Å². The van der Waals surface area contributed by atoms with Gasteiger partial charge in [0.1, 0.15) is 0 Å². The summed E-state index contributed by atoms with van der Waals surface area (Å²) in [5, 5.41) is 16.9. The molecule has 0 fully saturated rings. The highest BCUT2D eigenvalue weighted by Gasteiger charge is 2.49. The second-order valence-electron chi connectivity index (χ2n) is 2.82. The van der Waals surface area contributed by atoms with E-state index in [1.165, 1.54) is 0 Å². The Kier molecular flexibility index (Phi) is 3.26. The minimum Gasteiger partial charge on any atom is -0.479 e. The van der Waals surface area contributed by atoms with Crippen LogP contribution in [0.2, 0.25) is 0 Å². The van der Waals surface area contributed by atoms with Gasteiger partial charge in [-0.1, -0.05) is 0 Å². The highest BCUT2D eigenvalue weighted by Crippen LogP contribution is 2.31. The lowest BCUT2D eigenvalue weighted by Gasteiger charge is -2.23. The number of alkyl halides is 4. The highest BCUT2D eigenvalue weighted by atomic mass is 19.3. The van der Waals surface area contributed by atoms with Gasteiger partial charge in [0, 0.05) is 0 Å². The van der Waals surface area contributed by atoms with Crippen LogP contribution in [0.4, 0.5) is 17.6 Å². The van der Waals surface area contributed by atoms with E-state index in [1.54, 1.807) is 0 Å². The number of halogens is 4. The summed E-state index contributed by atoms with van der Waals surface area (Å²) in [4.78, 5) is 10.1. The van der Waals surface area contributed by atoms with Crippen molar-refractivity contribution in [2.75, 3.05) is 0 Å². The molecular weight excluding hydrogens is 196 g/mol. The second-order valence-corrected chi connectivity index (χ2v) is 2.82. The molecule has 0 radical (unpaired) electrons. The van der Waals surface area contributed by atoms with Gasteiger partial charge in [-0.15, -0.1) is 0 Å². The number of carbonyl (C=O) groups is 1. The molecule has 7 heteroatoms. The van der Waals surface area contributed by atoms with Crippen molar-refractivity contribution in [3.8, 4) is 0 Å². The Morgan fingerprint density at radius 3 is 2.08 bits per heavy atom. The summed E-state index contributed by atoms with van der Waals surface area (Å²) in [5.41, 5.74) is -2.85. The molecule has 0 spiro atoms. The molecule has 1 unspecified atom stereocenters. The first kappa shape index (κ1) is 12.2. The zero-order valence-electron chi connectivity index (χ0n) is 6.60. The van der Waals surface area contributed by atoms with Crippen LogP contribution in [0.1, 0.15) is 13.3 Å². The van der Waals surface area contributed by atoms with Gasteiger partial charge in [0.25, 0.3) is 0 Å². The Morgan fingerprint density at radius 1 is 1.46 bits per heavy atom. The van der Waals surface area contributed by atoms with Gasteiger partial charge in [-0.3, -0.25) is 0 Å². The SMILES string of the molecule is CC(O)(CC(F)(F)C(F)F)C(=O)O. The van der Waals surface area contributed by atoms with Gasteiger partial charge in [0.05, 0.1) is 6.42 Å². The van der Waals surface area contributed by atoms with Crippen molar-refractivity contribution in [3.63, 3.8) is 0 Å². The van der Waals surface area contributed by atoms with Crippen LogP contribution < -0.4 is 0 Å². The molecule has 0 heterocycles. The van der Waals surface area contributed by atoms with E-state index in [2.05, 4.69) is 0 Å². The maximum absolute atomic E-state index is 12.2. The molecule has 0 rings (SSSR count). The van der Waals surface area contributed by atoms with Crippen molar-refractivity contribution < 1.29 is 32.6 Å². The lowest BCUT2D eigenvalue weighted by Crippen LogP contribution is -2.43. The predicted octanol–water partition coefficient (Wildman–Crippen LogP) is 1.11. The molecule has 0 aromatic rings. The van der Waals surface area contributed by atoms with Crippen LogP contribution in [0.5, 0.6) is 0 Å². The van der Waals surface area contributed by atoms with Gasteiger partial charge in [0.15, 0.2) is 5.60 Å². The van der Waals surface area contributed by atoms with Crippen LogP contribution in [0, 0.1) is 0 Å². The van der Waals surface area contributed by atoms with E-state index < -0.39 is 30.3 Å². The molecule has 2 N–H and O–H groups in total. The van der Waals surface area contributed by atoms with Crippen LogP contribution in [-0.2, 0) is 4.79 Å². The van der Waals surface area contributed by atoms with Crippen molar-refractivity contribution in [1.29, 1.82) is 0 Å². The third-order valence-corrected chi connectivity index (χ3v) is 1.36. The van der Waals surface area contributed by atoms with E-state index >= 15 is 0 Å². The third-order valence-electron chi connectivity index (χ3n) is 1.36. The van der Waals surface area contributed by atoms with Crippen molar-refractivity contribution in [3.05, 3.63) is 0 Å². The van der Waals surface area contributed by atoms with Crippen molar-refractivity contribution in [2.45, 2.75) is 31.3 Å². The molecule has 1 atom stereocenters. The molecule has 0 aliphatic heterocycles. The molecule has 78 valence electrons. The molecule has 0 bridgehead atoms. The minimum absolute atomic E-state index is 0.533. The Bertz CT molecular complexity index is 202. The summed E-state index contributed by atoms with van der Waals surface area (Å²) in [6.45, 7) is 0.533. The van der Waals surface area contributed by atoms with E-state index in [4.69, 9.17) is 10.2 Å². The first-order chi connectivity index (χ1) is 5.59. The number of carboxylic acids is 1. The summed E-state index contributed by atoms with van der Waals surface area (Å²) in [6.07, 6.45) is -5.80. The molecular formula is C6H8F4O3. The lowest BCUT2D eigenvalue weighted by atomic mass is 9.98. The molecule has 3 nitrogen and oxygen atoms in total. The van der Waals surface area contributed by atoms with Crippen molar-refractivity contribution in [1.82, 2.24) is 0 Å². The molecule has 0 aromatic carbocycles. The Labute approximate surface area is 71.0 Å². The van der Waals surface area contributed by atoms with Gasteiger partial charge >= 0.3 is 18.3 Å². The molecule has 0 aliphatic carbocycles. The molecule has 13 heavy (non-hydrogen) atoms. The molecule has 0 saturated carbocycles. The predicted molar refractivity (Wildman–Crippen MR) is 33.8 cm³/mol. The number of carboxylic acid groups (broad SMARTS) is 1. The number of hydrogen-bond donors (Lipinski definition) is 2. The summed E-state index contributed by atoms with van der Waals surface area (Å²) in [7, 11) is 0. The average molecular weight is 204 g/mol. The summed E-state index contributed by atoms with van der Waals surface area (Å²) < 4.78 is 47.6. The monoisotopic (exact) mass is 204 g/mol. The number of hydrogen-bond acceptors (Lipinski definition) is 2. The maximum atomic E-state index is 12.2. The topological polar surface area (TPSA) is 57.5 Å². The normalized spacial score (nSPS) is 17.2. The fourth-order valence-electron chi connectivity index (χ4n) is 0.612. The largest absolute Gasteiger partial charge is 0.479 e. The fraction of sp³-hybridized carbons (Fsp3) is 0.833. The average Bonchev–Trinajstić information content (AvgIpc) is 1.83. The zero-order chi connectivity index (χ0) is 10.9. The standard InChI is InChI=1S/C6H8F4O3/c1-5(13,4(11)12)2-6(9,10)3(7)8/h3,13H,2H2,1H3,(H,11,12). The third kappa shape index (κ3) is 3.17. The van der Waals surface area contributed by atoms with Crippen LogP contribution in [0.25, 0.3) is 0 Å². The quantitative estimate of drug-likeness (QED) is 0.674. The van der Waals surface area contributed by atoms with E-state index in [9.17, 15) is 22.4 Å². The van der Waals surface area contributed by atoms with E-state index in [-0.39, 0.29) is 0 Å². The fourth-order valence-corrected chi connectivity index (χ4v) is 0.612. The van der Waals surface area contributed by atoms with Crippen LogP contribution in [-0.4, -0.2) is 34.1 Å². The highest BCUT2D eigenvalue weighted by molar-refractivity contribution is 5.76. The van der Waals surface area contributed by atoms with Crippen molar-refractivity contribution in [2.24, 2.45) is 0 Å². The smallest absolute Gasteiger partial charge is 0.335 e. The van der Waals surface area contributed by atoms with Gasteiger partial charge in [0.2, 0.25) is 0 Å². The van der Waals surface area contributed by atoms with Gasteiger partial charge in [-0.2, -0.15) is 0 Å². The molecule has 0 aliphatic rings. The van der Waals surface area contributed by atoms with Crippen molar-refractivity contribution >= 4 is 5.97 Å². The molecule has 0 saturated heterocycles. The Balaban J connectivity index is 4.52. The van der Waals surface area contributed by atoms with E-state index in [1.807, 2.05) is 0 Å². The molecule has 0 aromatic heterocycles. The first-order valence-corrected chi connectivity index (χ1v) is 3.21. The van der Waals surface area contributed by atoms with Gasteiger partial charge < -0.3 is 10.2 Å². The lowest BCUT2D eigenvalue weighted by molar-refractivity contribution is -0.185. The second kappa shape index (κ2) is 3.49. The Morgan fingerprint density at radius 2 is 1.85 bits per heavy atom. The first-order valence-electron chi connectivity index (χ1n) is 3.21. The number of aliphatic carboxylic acids is 1. The number of aliphatic hydroxyl groups is 1. The summed E-state index contributed by atoms with van der Waals surface area (Å²) in [5.74, 6) is -6.46. The summed E-state index contributed by atoms with van der Waals surface area (Å²) >= 11 is 0. The minimum atomic E-state index is -4.50. The van der Waals surface area contributed by atoms with Crippen LogP contribution in [0.15, 0.2) is 0 Å². The maximum Gasteiger partial charge on any atom is 0.335 e. The van der Waals surface area contributed by atoms with Gasteiger partial charge in [-0.25, -0.2) is 22.4 Å².